The molecule has 0 saturated heterocycles. The van der Waals surface area contributed by atoms with Crippen molar-refractivity contribution in [3.05, 3.63) is 11.6 Å². The Labute approximate surface area is 88.2 Å². The van der Waals surface area contributed by atoms with E-state index in [4.69, 9.17) is 5.11 Å². The molecule has 1 N–H and O–H groups in total. The molecule has 82 valence electrons. The van der Waals surface area contributed by atoms with E-state index in [0.29, 0.717) is 11.3 Å². The minimum Gasteiger partial charge on any atom is -0.392 e. The van der Waals surface area contributed by atoms with Gasteiger partial charge in [0, 0.05) is 0 Å². The lowest BCUT2D eigenvalue weighted by molar-refractivity contribution is 0.155. The molecule has 1 heteroatoms. The van der Waals surface area contributed by atoms with Gasteiger partial charge in [-0.15, -0.1) is 0 Å². The molecule has 0 amide bonds. The molecule has 14 heavy (non-hydrogen) atoms. The van der Waals surface area contributed by atoms with E-state index in [1.165, 1.54) is 19.3 Å². The molecule has 0 spiro atoms. The predicted molar refractivity (Wildman–Crippen MR) is 61.1 cm³/mol. The molecule has 0 aromatic heterocycles. The standard InChI is InChI=1S/C13H24O/c1-10-5-12(6-11(2)9-14)8-13(3,4)7-10/h6,10,12,14H,5,7-9H2,1-4H3/b11-6+. The highest BCUT2D eigenvalue weighted by atomic mass is 16.3. The molecule has 1 saturated carbocycles. The van der Waals surface area contributed by atoms with E-state index in [-0.39, 0.29) is 6.61 Å². The summed E-state index contributed by atoms with van der Waals surface area (Å²) in [4.78, 5) is 0. The lowest BCUT2D eigenvalue weighted by Crippen LogP contribution is -2.26. The molecule has 1 aliphatic carbocycles. The number of hydrogen-bond acceptors (Lipinski definition) is 1. The summed E-state index contributed by atoms with van der Waals surface area (Å²) >= 11 is 0. The average Bonchev–Trinajstić information content (AvgIpc) is 1.99. The van der Waals surface area contributed by atoms with Crippen molar-refractivity contribution in [3.8, 4) is 0 Å². The van der Waals surface area contributed by atoms with Gasteiger partial charge in [-0.1, -0.05) is 32.4 Å². The molecule has 1 aliphatic rings. The van der Waals surface area contributed by atoms with Gasteiger partial charge in [-0.05, 0) is 43.4 Å². The molecule has 0 bridgehead atoms. The van der Waals surface area contributed by atoms with Crippen molar-refractivity contribution in [3.63, 3.8) is 0 Å². The molecular weight excluding hydrogens is 172 g/mol. The van der Waals surface area contributed by atoms with E-state index in [1.54, 1.807) is 0 Å². The largest absolute Gasteiger partial charge is 0.392 e. The van der Waals surface area contributed by atoms with Gasteiger partial charge in [0.2, 0.25) is 0 Å². The number of rotatable bonds is 2. The smallest absolute Gasteiger partial charge is 0.0639 e. The first-order valence-electron chi connectivity index (χ1n) is 5.71. The lowest BCUT2D eigenvalue weighted by atomic mass is 9.68. The third-order valence-corrected chi connectivity index (χ3v) is 3.19. The second-order valence-corrected chi connectivity index (χ2v) is 5.84. The minimum absolute atomic E-state index is 0.214. The highest BCUT2D eigenvalue weighted by Crippen LogP contribution is 2.42. The fraction of sp³-hybridized carbons (Fsp3) is 0.846. The number of allylic oxidation sites excluding steroid dienone is 1. The van der Waals surface area contributed by atoms with Crippen LogP contribution >= 0.6 is 0 Å². The van der Waals surface area contributed by atoms with Gasteiger partial charge in [0.25, 0.3) is 0 Å². The maximum atomic E-state index is 8.99. The topological polar surface area (TPSA) is 20.2 Å². The van der Waals surface area contributed by atoms with Crippen molar-refractivity contribution in [2.24, 2.45) is 17.3 Å². The zero-order chi connectivity index (χ0) is 10.8. The zero-order valence-electron chi connectivity index (χ0n) is 10.0. The van der Waals surface area contributed by atoms with E-state index in [9.17, 15) is 0 Å². The van der Waals surface area contributed by atoms with Crippen LogP contribution in [-0.2, 0) is 0 Å². The number of hydrogen-bond donors (Lipinski definition) is 1. The fourth-order valence-corrected chi connectivity index (χ4v) is 3.00. The molecular formula is C13H24O. The summed E-state index contributed by atoms with van der Waals surface area (Å²) in [5.74, 6) is 1.51. The first-order chi connectivity index (χ1) is 6.43. The second-order valence-electron chi connectivity index (χ2n) is 5.84. The Morgan fingerprint density at radius 1 is 1.43 bits per heavy atom. The molecule has 1 fully saturated rings. The molecule has 0 radical (unpaired) electrons. The van der Waals surface area contributed by atoms with Gasteiger partial charge in [0.05, 0.1) is 6.61 Å². The van der Waals surface area contributed by atoms with Crippen molar-refractivity contribution in [2.75, 3.05) is 6.61 Å². The van der Waals surface area contributed by atoms with Crippen LogP contribution in [0.2, 0.25) is 0 Å². The highest BCUT2D eigenvalue weighted by molar-refractivity contribution is 5.03. The Morgan fingerprint density at radius 3 is 2.57 bits per heavy atom. The first kappa shape index (κ1) is 11.8. The molecule has 1 nitrogen and oxygen atoms in total. The third-order valence-electron chi connectivity index (χ3n) is 3.19. The molecule has 1 rings (SSSR count). The average molecular weight is 196 g/mol. The maximum absolute atomic E-state index is 8.99. The quantitative estimate of drug-likeness (QED) is 0.671. The Hall–Kier alpha value is -0.300. The van der Waals surface area contributed by atoms with Crippen LogP contribution < -0.4 is 0 Å². The Morgan fingerprint density at radius 2 is 2.07 bits per heavy atom. The summed E-state index contributed by atoms with van der Waals surface area (Å²) in [7, 11) is 0. The van der Waals surface area contributed by atoms with E-state index in [1.807, 2.05) is 6.92 Å². The van der Waals surface area contributed by atoms with E-state index < -0.39 is 0 Å². The normalized spacial score (nSPS) is 33.1. The van der Waals surface area contributed by atoms with Crippen molar-refractivity contribution < 1.29 is 5.11 Å². The van der Waals surface area contributed by atoms with Crippen LogP contribution in [0.15, 0.2) is 11.6 Å². The zero-order valence-corrected chi connectivity index (χ0v) is 10.0. The fourth-order valence-electron chi connectivity index (χ4n) is 3.00. The Balaban J connectivity index is 2.63. The molecule has 0 heterocycles. The summed E-state index contributed by atoms with van der Waals surface area (Å²) in [6, 6.07) is 0. The van der Waals surface area contributed by atoms with E-state index in [2.05, 4.69) is 26.8 Å². The lowest BCUT2D eigenvalue weighted by Gasteiger charge is -2.38. The second kappa shape index (κ2) is 4.48. The van der Waals surface area contributed by atoms with Crippen LogP contribution in [0.4, 0.5) is 0 Å². The van der Waals surface area contributed by atoms with Gasteiger partial charge >= 0.3 is 0 Å². The first-order valence-corrected chi connectivity index (χ1v) is 5.71. The monoisotopic (exact) mass is 196 g/mol. The van der Waals surface area contributed by atoms with Crippen molar-refractivity contribution in [1.29, 1.82) is 0 Å². The van der Waals surface area contributed by atoms with Gasteiger partial charge in [-0.3, -0.25) is 0 Å². The maximum Gasteiger partial charge on any atom is 0.0639 e. The van der Waals surface area contributed by atoms with Crippen LogP contribution in [-0.4, -0.2) is 11.7 Å². The van der Waals surface area contributed by atoms with Gasteiger partial charge in [0.15, 0.2) is 0 Å². The van der Waals surface area contributed by atoms with E-state index >= 15 is 0 Å². The van der Waals surface area contributed by atoms with Crippen LogP contribution in [0.25, 0.3) is 0 Å². The van der Waals surface area contributed by atoms with Crippen molar-refractivity contribution in [1.82, 2.24) is 0 Å². The van der Waals surface area contributed by atoms with Gasteiger partial charge in [-0.2, -0.15) is 0 Å². The summed E-state index contributed by atoms with van der Waals surface area (Å²) in [6.07, 6.45) is 6.18. The van der Waals surface area contributed by atoms with E-state index in [0.717, 1.165) is 11.5 Å². The predicted octanol–water partition coefficient (Wildman–Crippen LogP) is 3.39. The molecule has 0 aromatic carbocycles. The van der Waals surface area contributed by atoms with Gasteiger partial charge in [-0.25, -0.2) is 0 Å². The van der Waals surface area contributed by atoms with Gasteiger partial charge < -0.3 is 5.11 Å². The summed E-state index contributed by atoms with van der Waals surface area (Å²) < 4.78 is 0. The van der Waals surface area contributed by atoms with Crippen LogP contribution in [0, 0.1) is 17.3 Å². The molecule has 0 aliphatic heterocycles. The van der Waals surface area contributed by atoms with Crippen LogP contribution in [0.5, 0.6) is 0 Å². The molecule has 2 atom stereocenters. The Bertz CT molecular complexity index is 215. The molecule has 2 unspecified atom stereocenters. The molecule has 0 aromatic rings. The SMILES string of the molecule is C/C(=C\C1CC(C)CC(C)(C)C1)CO. The van der Waals surface area contributed by atoms with Crippen molar-refractivity contribution in [2.45, 2.75) is 47.0 Å². The third kappa shape index (κ3) is 3.45. The van der Waals surface area contributed by atoms with Gasteiger partial charge in [0.1, 0.15) is 0 Å². The number of aliphatic hydroxyl groups is 1. The summed E-state index contributed by atoms with van der Waals surface area (Å²) in [5.41, 5.74) is 1.61. The number of aliphatic hydroxyl groups excluding tert-OH is 1. The minimum atomic E-state index is 0.214. The van der Waals surface area contributed by atoms with Crippen LogP contribution in [0.3, 0.4) is 0 Å². The Kier molecular flexibility index (Phi) is 3.77. The summed E-state index contributed by atoms with van der Waals surface area (Å²) in [5, 5.41) is 8.99. The van der Waals surface area contributed by atoms with Crippen molar-refractivity contribution >= 4 is 0 Å². The highest BCUT2D eigenvalue weighted by Gasteiger charge is 2.30. The van der Waals surface area contributed by atoms with Crippen LogP contribution in [0.1, 0.15) is 47.0 Å². The summed E-state index contributed by atoms with van der Waals surface area (Å²) in [6.45, 7) is 9.29.